The highest BCUT2D eigenvalue weighted by Crippen LogP contribution is 2.36. The Morgan fingerprint density at radius 2 is 1.38 bits per heavy atom. The number of carboxylic acids is 1. The van der Waals surface area contributed by atoms with Crippen LogP contribution < -0.4 is 4.74 Å². The fraction of sp³-hybridized carbons (Fsp3) is 0. The summed E-state index contributed by atoms with van der Waals surface area (Å²) in [5, 5.41) is 8.82. The quantitative estimate of drug-likeness (QED) is 0.504. The summed E-state index contributed by atoms with van der Waals surface area (Å²) in [6.45, 7) is 0. The lowest BCUT2D eigenvalue weighted by molar-refractivity contribution is 0.0691. The van der Waals surface area contributed by atoms with Crippen molar-refractivity contribution in [1.82, 2.24) is 0 Å². The Hall–Kier alpha value is -1.18. The van der Waals surface area contributed by atoms with Gasteiger partial charge in [-0.3, -0.25) is 0 Å². The van der Waals surface area contributed by atoms with Gasteiger partial charge in [-0.15, -0.1) is 0 Å². The smallest absolute Gasteiger partial charge is 0.343 e. The van der Waals surface area contributed by atoms with Crippen LogP contribution in [0.5, 0.6) is 5.75 Å². The molecule has 0 aliphatic rings. The van der Waals surface area contributed by atoms with Gasteiger partial charge in [-0.2, -0.15) is 0 Å². The lowest BCUT2D eigenvalue weighted by atomic mass is 10.1. The molecule has 2 aromatic carbocycles. The van der Waals surface area contributed by atoms with E-state index in [2.05, 4.69) is 47.8 Å². The maximum Gasteiger partial charge on any atom is 0.343 e. The van der Waals surface area contributed by atoms with Crippen molar-refractivity contribution in [2.75, 3.05) is 0 Å². The number of rotatable bonds is 3. The van der Waals surface area contributed by atoms with E-state index in [4.69, 9.17) is 9.84 Å². The Morgan fingerprint density at radius 3 is 1.86 bits per heavy atom. The molecule has 0 atom stereocenters. The van der Waals surface area contributed by atoms with Crippen LogP contribution in [-0.2, 0) is 0 Å². The number of hydrogen-bond acceptors (Lipinski definition) is 3. The van der Waals surface area contributed by atoms with Crippen molar-refractivity contribution in [2.24, 2.45) is 0 Å². The minimum atomic E-state index is -1.05. The van der Waals surface area contributed by atoms with Crippen LogP contribution in [-0.4, -0.2) is 17.0 Å². The highest BCUT2D eigenvalue weighted by atomic mass is 79.9. The standard InChI is InChI=1S/C14H7Br3O4/c15-9-5-10(16)12(11(17)6-9)21-14(20)8-3-1-7(2-4-8)13(18)19/h1-6H,(H,18,19). The lowest BCUT2D eigenvalue weighted by Gasteiger charge is -2.09. The van der Waals surface area contributed by atoms with Gasteiger partial charge in [0.05, 0.1) is 20.1 Å². The SMILES string of the molecule is O=C(O)c1ccc(C(=O)Oc2c(Br)cc(Br)cc2Br)cc1. The zero-order chi connectivity index (χ0) is 15.6. The van der Waals surface area contributed by atoms with E-state index in [1.165, 1.54) is 24.3 Å². The third-order valence-corrected chi connectivity index (χ3v) is 4.16. The Balaban J connectivity index is 2.24. The number of ether oxygens (including phenoxy) is 1. The first kappa shape index (κ1) is 16.2. The second-order valence-corrected chi connectivity index (χ2v) is 6.59. The van der Waals surface area contributed by atoms with Gasteiger partial charge in [0.15, 0.2) is 5.75 Å². The molecule has 0 heterocycles. The van der Waals surface area contributed by atoms with Gasteiger partial charge in [-0.05, 0) is 68.3 Å². The molecule has 0 unspecified atom stereocenters. The molecule has 0 bridgehead atoms. The average Bonchev–Trinajstić information content (AvgIpc) is 2.42. The van der Waals surface area contributed by atoms with Crippen molar-refractivity contribution in [1.29, 1.82) is 0 Å². The largest absolute Gasteiger partial charge is 0.478 e. The Morgan fingerprint density at radius 1 is 0.905 bits per heavy atom. The first-order valence-corrected chi connectivity index (χ1v) is 7.96. The second-order valence-electron chi connectivity index (χ2n) is 3.97. The monoisotopic (exact) mass is 476 g/mol. The molecule has 0 saturated carbocycles. The van der Waals surface area contributed by atoms with E-state index >= 15 is 0 Å². The van der Waals surface area contributed by atoms with E-state index in [1.807, 2.05) is 0 Å². The van der Waals surface area contributed by atoms with Crippen LogP contribution in [0.3, 0.4) is 0 Å². The molecule has 7 heteroatoms. The van der Waals surface area contributed by atoms with Crippen LogP contribution >= 0.6 is 47.8 Å². The molecule has 0 spiro atoms. The minimum Gasteiger partial charge on any atom is -0.478 e. The predicted octanol–water partition coefficient (Wildman–Crippen LogP) is 4.89. The molecule has 2 aromatic rings. The maximum atomic E-state index is 12.1. The summed E-state index contributed by atoms with van der Waals surface area (Å²) in [5.41, 5.74) is 0.374. The number of carbonyl (C=O) groups excluding carboxylic acids is 1. The lowest BCUT2D eigenvalue weighted by Crippen LogP contribution is -2.09. The van der Waals surface area contributed by atoms with Crippen LogP contribution in [0.4, 0.5) is 0 Å². The molecular weight excluding hydrogens is 472 g/mol. The molecule has 0 radical (unpaired) electrons. The predicted molar refractivity (Wildman–Crippen MR) is 87.9 cm³/mol. The summed E-state index contributed by atoms with van der Waals surface area (Å²) in [4.78, 5) is 22.8. The number of esters is 1. The topological polar surface area (TPSA) is 63.6 Å². The highest BCUT2D eigenvalue weighted by molar-refractivity contribution is 9.11. The molecule has 2 rings (SSSR count). The van der Waals surface area contributed by atoms with Crippen molar-refractivity contribution in [3.63, 3.8) is 0 Å². The van der Waals surface area contributed by atoms with Crippen LogP contribution in [0.1, 0.15) is 20.7 Å². The van der Waals surface area contributed by atoms with Gasteiger partial charge in [0.25, 0.3) is 0 Å². The molecular formula is C14H7Br3O4. The molecule has 108 valence electrons. The van der Waals surface area contributed by atoms with E-state index in [-0.39, 0.29) is 11.1 Å². The Labute approximate surface area is 145 Å². The van der Waals surface area contributed by atoms with Gasteiger partial charge >= 0.3 is 11.9 Å². The molecule has 21 heavy (non-hydrogen) atoms. The van der Waals surface area contributed by atoms with Crippen LogP contribution in [0.25, 0.3) is 0 Å². The fourth-order valence-electron chi connectivity index (χ4n) is 1.53. The van der Waals surface area contributed by atoms with Gasteiger partial charge in [-0.25, -0.2) is 9.59 Å². The first-order valence-electron chi connectivity index (χ1n) is 5.58. The van der Waals surface area contributed by atoms with E-state index in [9.17, 15) is 9.59 Å². The van der Waals surface area contributed by atoms with E-state index in [1.54, 1.807) is 12.1 Å². The molecule has 0 saturated heterocycles. The van der Waals surface area contributed by atoms with Gasteiger partial charge in [0.1, 0.15) is 0 Å². The Kier molecular flexibility index (Phi) is 5.18. The number of carbonyl (C=O) groups is 2. The number of aromatic carboxylic acids is 1. The molecule has 0 fully saturated rings. The van der Waals surface area contributed by atoms with Gasteiger partial charge in [0.2, 0.25) is 0 Å². The average molecular weight is 479 g/mol. The summed E-state index contributed by atoms with van der Waals surface area (Å²) in [5.74, 6) is -1.27. The first-order chi connectivity index (χ1) is 9.88. The summed E-state index contributed by atoms with van der Waals surface area (Å²) < 4.78 is 7.36. The third kappa shape index (κ3) is 3.93. The van der Waals surface area contributed by atoms with Gasteiger partial charge < -0.3 is 9.84 Å². The van der Waals surface area contributed by atoms with E-state index < -0.39 is 11.9 Å². The zero-order valence-electron chi connectivity index (χ0n) is 10.3. The number of carboxylic acid groups (broad SMARTS) is 1. The molecule has 1 N–H and O–H groups in total. The van der Waals surface area contributed by atoms with Crippen molar-refractivity contribution in [2.45, 2.75) is 0 Å². The summed E-state index contributed by atoms with van der Waals surface area (Å²) in [7, 11) is 0. The highest BCUT2D eigenvalue weighted by Gasteiger charge is 2.15. The maximum absolute atomic E-state index is 12.1. The van der Waals surface area contributed by atoms with Crippen molar-refractivity contribution in [3.8, 4) is 5.75 Å². The van der Waals surface area contributed by atoms with Crippen molar-refractivity contribution < 1.29 is 19.4 Å². The molecule has 0 amide bonds. The fourth-order valence-corrected chi connectivity index (χ4v) is 3.95. The van der Waals surface area contributed by atoms with Crippen LogP contribution in [0.15, 0.2) is 49.8 Å². The van der Waals surface area contributed by atoms with Crippen LogP contribution in [0.2, 0.25) is 0 Å². The molecule has 0 aromatic heterocycles. The number of hydrogen-bond donors (Lipinski definition) is 1. The van der Waals surface area contributed by atoms with Gasteiger partial charge in [-0.1, -0.05) is 15.9 Å². The Bertz CT molecular complexity index is 688. The van der Waals surface area contributed by atoms with Crippen molar-refractivity contribution in [3.05, 3.63) is 60.9 Å². The number of halogens is 3. The second kappa shape index (κ2) is 6.72. The van der Waals surface area contributed by atoms with E-state index in [0.29, 0.717) is 14.7 Å². The summed E-state index contributed by atoms with van der Waals surface area (Å²) >= 11 is 9.95. The molecule has 4 nitrogen and oxygen atoms in total. The normalized spacial score (nSPS) is 10.2. The molecule has 0 aliphatic carbocycles. The number of benzene rings is 2. The van der Waals surface area contributed by atoms with E-state index in [0.717, 1.165) is 4.47 Å². The van der Waals surface area contributed by atoms with Crippen molar-refractivity contribution >= 4 is 59.7 Å². The summed E-state index contributed by atoms with van der Waals surface area (Å²) in [6, 6.07) is 9.02. The van der Waals surface area contributed by atoms with Gasteiger partial charge in [0, 0.05) is 4.47 Å². The zero-order valence-corrected chi connectivity index (χ0v) is 15.0. The van der Waals surface area contributed by atoms with Crippen LogP contribution in [0, 0.1) is 0 Å². The minimum absolute atomic E-state index is 0.109. The summed E-state index contributed by atoms with van der Waals surface area (Å²) in [6.07, 6.45) is 0. The molecule has 0 aliphatic heterocycles. The third-order valence-electron chi connectivity index (χ3n) is 2.53.